The molecule has 1 saturated heterocycles. The predicted octanol–water partition coefficient (Wildman–Crippen LogP) is 1.49. The van der Waals surface area contributed by atoms with E-state index in [0.717, 1.165) is 25.2 Å². The first-order chi connectivity index (χ1) is 4.41. The molecule has 0 spiro atoms. The summed E-state index contributed by atoms with van der Waals surface area (Å²) in [5, 5.41) is 0. The molecule has 0 amide bonds. The molecule has 10 heavy (non-hydrogen) atoms. The maximum absolute atomic E-state index is 11.5. The molecule has 0 unspecified atom stereocenters. The molecule has 1 heterocycles. The van der Waals surface area contributed by atoms with E-state index in [2.05, 4.69) is 0 Å². The van der Waals surface area contributed by atoms with Crippen LogP contribution in [0.25, 0.3) is 0 Å². The van der Waals surface area contributed by atoms with Crippen molar-refractivity contribution < 1.29 is 4.57 Å². The van der Waals surface area contributed by atoms with Crippen LogP contribution in [0.15, 0.2) is 0 Å². The normalized spacial score (nSPS) is 49.1. The van der Waals surface area contributed by atoms with Gasteiger partial charge in [0.25, 0.3) is 0 Å². The van der Waals surface area contributed by atoms with Gasteiger partial charge in [-0.3, -0.25) is 0 Å². The standard InChI is InChI=1S/C7H16NOP/c1-7(8)3-5-10(2,9)6-4-7/h3-6,8H2,1-2H3. The van der Waals surface area contributed by atoms with Crippen molar-refractivity contribution in [3.05, 3.63) is 0 Å². The van der Waals surface area contributed by atoms with Crippen LogP contribution in [-0.2, 0) is 4.57 Å². The second kappa shape index (κ2) is 2.35. The second-order valence-corrected chi connectivity index (χ2v) is 7.39. The topological polar surface area (TPSA) is 43.1 Å². The molecular formula is C7H16NOP. The Morgan fingerprint density at radius 1 is 1.40 bits per heavy atom. The van der Waals surface area contributed by atoms with Gasteiger partial charge in [-0.2, -0.15) is 0 Å². The Labute approximate surface area is 62.6 Å². The van der Waals surface area contributed by atoms with Crippen molar-refractivity contribution in [1.82, 2.24) is 0 Å². The zero-order valence-electron chi connectivity index (χ0n) is 6.76. The molecule has 0 aromatic rings. The van der Waals surface area contributed by atoms with Crippen LogP contribution >= 0.6 is 7.14 Å². The van der Waals surface area contributed by atoms with Crippen molar-refractivity contribution >= 4 is 7.14 Å². The average Bonchev–Trinajstić information content (AvgIpc) is 1.79. The summed E-state index contributed by atoms with van der Waals surface area (Å²) in [6.45, 7) is 3.94. The molecule has 1 aliphatic heterocycles. The van der Waals surface area contributed by atoms with E-state index in [-0.39, 0.29) is 5.54 Å². The van der Waals surface area contributed by atoms with Gasteiger partial charge in [-0.15, -0.1) is 0 Å². The lowest BCUT2D eigenvalue weighted by molar-refractivity contribution is 0.419. The molecule has 3 heteroatoms. The summed E-state index contributed by atoms with van der Waals surface area (Å²) in [6.07, 6.45) is 3.56. The molecule has 60 valence electrons. The number of rotatable bonds is 0. The minimum atomic E-state index is -1.75. The molecule has 1 aliphatic rings. The first kappa shape index (κ1) is 8.29. The zero-order valence-corrected chi connectivity index (χ0v) is 7.66. The maximum atomic E-state index is 11.5. The minimum Gasteiger partial charge on any atom is -0.325 e. The summed E-state index contributed by atoms with van der Waals surface area (Å²) in [4.78, 5) is 0. The average molecular weight is 161 g/mol. The summed E-state index contributed by atoms with van der Waals surface area (Å²) in [6, 6.07) is 0. The van der Waals surface area contributed by atoms with E-state index < -0.39 is 7.14 Å². The quantitative estimate of drug-likeness (QED) is 0.547. The van der Waals surface area contributed by atoms with Crippen LogP contribution in [0, 0.1) is 0 Å². The number of hydrogen-bond donors (Lipinski definition) is 1. The van der Waals surface area contributed by atoms with Crippen LogP contribution in [0.1, 0.15) is 19.8 Å². The summed E-state index contributed by atoms with van der Waals surface area (Å²) in [5.41, 5.74) is 5.84. The molecule has 1 rings (SSSR count). The van der Waals surface area contributed by atoms with Crippen molar-refractivity contribution in [2.24, 2.45) is 5.73 Å². The van der Waals surface area contributed by atoms with Gasteiger partial charge in [0.2, 0.25) is 0 Å². The molecular weight excluding hydrogens is 145 g/mol. The lowest BCUT2D eigenvalue weighted by atomic mass is 9.97. The fourth-order valence-electron chi connectivity index (χ4n) is 1.22. The van der Waals surface area contributed by atoms with E-state index in [1.807, 2.05) is 13.6 Å². The van der Waals surface area contributed by atoms with Gasteiger partial charge in [0, 0.05) is 17.9 Å². The number of hydrogen-bond acceptors (Lipinski definition) is 2. The molecule has 2 N–H and O–H groups in total. The molecule has 2 nitrogen and oxygen atoms in total. The molecule has 0 saturated carbocycles. The molecule has 0 aromatic heterocycles. The van der Waals surface area contributed by atoms with E-state index in [1.54, 1.807) is 0 Å². The van der Waals surface area contributed by atoms with Gasteiger partial charge in [-0.05, 0) is 26.4 Å². The highest BCUT2D eigenvalue weighted by atomic mass is 31.2. The highest BCUT2D eigenvalue weighted by molar-refractivity contribution is 7.63. The van der Waals surface area contributed by atoms with Crippen LogP contribution in [-0.4, -0.2) is 24.5 Å². The van der Waals surface area contributed by atoms with Crippen LogP contribution in [0.2, 0.25) is 0 Å². The SMILES string of the molecule is CC1(N)CCP(C)(=O)CC1. The predicted molar refractivity (Wildman–Crippen MR) is 45.1 cm³/mol. The van der Waals surface area contributed by atoms with Crippen molar-refractivity contribution in [2.45, 2.75) is 25.3 Å². The first-order valence-electron chi connectivity index (χ1n) is 3.76. The van der Waals surface area contributed by atoms with Crippen LogP contribution in [0.3, 0.4) is 0 Å². The molecule has 1 fully saturated rings. The Bertz CT molecular complexity index is 162. The van der Waals surface area contributed by atoms with E-state index in [1.165, 1.54) is 0 Å². The fraction of sp³-hybridized carbons (Fsp3) is 1.00. The molecule has 0 atom stereocenters. The fourth-order valence-corrected chi connectivity index (χ4v) is 3.41. The Morgan fingerprint density at radius 3 is 2.10 bits per heavy atom. The van der Waals surface area contributed by atoms with E-state index in [0.29, 0.717) is 0 Å². The molecule has 0 radical (unpaired) electrons. The lowest BCUT2D eigenvalue weighted by Gasteiger charge is -2.32. The lowest BCUT2D eigenvalue weighted by Crippen LogP contribution is -2.40. The molecule has 0 bridgehead atoms. The Morgan fingerprint density at radius 2 is 1.80 bits per heavy atom. The van der Waals surface area contributed by atoms with Gasteiger partial charge in [-0.1, -0.05) is 0 Å². The van der Waals surface area contributed by atoms with Crippen molar-refractivity contribution in [2.75, 3.05) is 19.0 Å². The van der Waals surface area contributed by atoms with Crippen LogP contribution < -0.4 is 5.73 Å². The van der Waals surface area contributed by atoms with Crippen LogP contribution in [0.4, 0.5) is 0 Å². The maximum Gasteiger partial charge on any atom is 0.0849 e. The third kappa shape index (κ3) is 2.10. The van der Waals surface area contributed by atoms with Gasteiger partial charge in [0.05, 0.1) is 7.14 Å². The monoisotopic (exact) mass is 161 g/mol. The first-order valence-corrected chi connectivity index (χ1v) is 6.28. The third-order valence-electron chi connectivity index (χ3n) is 2.31. The van der Waals surface area contributed by atoms with Crippen molar-refractivity contribution in [3.8, 4) is 0 Å². The van der Waals surface area contributed by atoms with Crippen molar-refractivity contribution in [3.63, 3.8) is 0 Å². The van der Waals surface area contributed by atoms with Crippen molar-refractivity contribution in [1.29, 1.82) is 0 Å². The smallest absolute Gasteiger partial charge is 0.0849 e. The zero-order chi connectivity index (χ0) is 7.83. The molecule has 0 aromatic carbocycles. The van der Waals surface area contributed by atoms with E-state index >= 15 is 0 Å². The third-order valence-corrected chi connectivity index (χ3v) is 4.65. The van der Waals surface area contributed by atoms with E-state index in [4.69, 9.17) is 5.73 Å². The van der Waals surface area contributed by atoms with Gasteiger partial charge in [0.1, 0.15) is 0 Å². The highest BCUT2D eigenvalue weighted by Crippen LogP contribution is 2.48. The summed E-state index contributed by atoms with van der Waals surface area (Å²) in [7, 11) is -1.75. The van der Waals surface area contributed by atoms with Gasteiger partial charge in [-0.25, -0.2) is 0 Å². The van der Waals surface area contributed by atoms with Gasteiger partial charge in [0.15, 0.2) is 0 Å². The number of nitrogens with two attached hydrogens (primary N) is 1. The van der Waals surface area contributed by atoms with E-state index in [9.17, 15) is 4.57 Å². The second-order valence-electron chi connectivity index (χ2n) is 3.90. The Hall–Kier alpha value is 0.190. The molecule has 0 aliphatic carbocycles. The summed E-state index contributed by atoms with van der Waals surface area (Å²) in [5.74, 6) is 0. The summed E-state index contributed by atoms with van der Waals surface area (Å²) < 4.78 is 11.5. The minimum absolute atomic E-state index is 0.0378. The highest BCUT2D eigenvalue weighted by Gasteiger charge is 2.30. The van der Waals surface area contributed by atoms with Gasteiger partial charge < -0.3 is 10.3 Å². The largest absolute Gasteiger partial charge is 0.325 e. The summed E-state index contributed by atoms with van der Waals surface area (Å²) >= 11 is 0. The van der Waals surface area contributed by atoms with Crippen LogP contribution in [0.5, 0.6) is 0 Å². The Kier molecular flexibility index (Phi) is 1.95. The Balaban J connectivity index is 2.54. The van der Waals surface area contributed by atoms with Gasteiger partial charge >= 0.3 is 0 Å².